The van der Waals surface area contributed by atoms with Crippen molar-refractivity contribution in [3.63, 3.8) is 0 Å². The van der Waals surface area contributed by atoms with Gasteiger partial charge in [-0.25, -0.2) is 0 Å². The van der Waals surface area contributed by atoms with Crippen molar-refractivity contribution >= 4 is 11.8 Å². The summed E-state index contributed by atoms with van der Waals surface area (Å²) in [5.41, 5.74) is 8.62. The van der Waals surface area contributed by atoms with Crippen LogP contribution in [0.1, 0.15) is 5.56 Å². The molecule has 12 heavy (non-hydrogen) atoms. The van der Waals surface area contributed by atoms with E-state index in [0.29, 0.717) is 0 Å². The molecule has 1 heterocycles. The highest BCUT2D eigenvalue weighted by Crippen LogP contribution is 2.19. The van der Waals surface area contributed by atoms with Gasteiger partial charge in [0.15, 0.2) is 0 Å². The first-order chi connectivity index (χ1) is 5.86. The van der Waals surface area contributed by atoms with Crippen molar-refractivity contribution in [2.24, 2.45) is 5.73 Å². The van der Waals surface area contributed by atoms with Crippen LogP contribution in [-0.4, -0.2) is 0 Å². The molecular formula is C10H10N2. The first-order valence-corrected chi connectivity index (χ1v) is 3.85. The molecule has 1 aliphatic heterocycles. The summed E-state index contributed by atoms with van der Waals surface area (Å²) in [5.74, 6) is 0. The van der Waals surface area contributed by atoms with E-state index in [2.05, 4.69) is 5.32 Å². The van der Waals surface area contributed by atoms with Crippen molar-refractivity contribution in [1.82, 2.24) is 0 Å². The van der Waals surface area contributed by atoms with Crippen LogP contribution < -0.4 is 11.1 Å². The largest absolute Gasteiger partial charge is 0.398 e. The fourth-order valence-electron chi connectivity index (χ4n) is 1.17. The van der Waals surface area contributed by atoms with Gasteiger partial charge in [-0.1, -0.05) is 24.3 Å². The Morgan fingerprint density at radius 3 is 2.83 bits per heavy atom. The Balaban J connectivity index is 2.48. The molecule has 3 N–H and O–H groups in total. The molecule has 0 atom stereocenters. The van der Waals surface area contributed by atoms with Gasteiger partial charge < -0.3 is 11.1 Å². The molecule has 2 nitrogen and oxygen atoms in total. The summed E-state index contributed by atoms with van der Waals surface area (Å²) in [4.78, 5) is 0. The smallest absolute Gasteiger partial charge is 0.0477 e. The Kier molecular flexibility index (Phi) is 1.59. The SMILES string of the molecule is NC1=CNc2ccccc2C=C1. The molecule has 2 heteroatoms. The topological polar surface area (TPSA) is 38.0 Å². The maximum absolute atomic E-state index is 5.63. The molecule has 0 spiro atoms. The zero-order valence-corrected chi connectivity index (χ0v) is 6.62. The minimum atomic E-state index is 0.742. The lowest BCUT2D eigenvalue weighted by Gasteiger charge is -2.02. The van der Waals surface area contributed by atoms with Gasteiger partial charge in [-0.15, -0.1) is 0 Å². The van der Waals surface area contributed by atoms with Crippen molar-refractivity contribution in [1.29, 1.82) is 0 Å². The molecule has 0 amide bonds. The van der Waals surface area contributed by atoms with Gasteiger partial charge in [0.05, 0.1) is 0 Å². The van der Waals surface area contributed by atoms with Crippen molar-refractivity contribution < 1.29 is 0 Å². The lowest BCUT2D eigenvalue weighted by Crippen LogP contribution is -1.95. The van der Waals surface area contributed by atoms with Gasteiger partial charge in [-0.05, 0) is 17.7 Å². The second-order valence-electron chi connectivity index (χ2n) is 2.71. The molecule has 0 saturated heterocycles. The molecule has 60 valence electrons. The molecule has 0 aliphatic carbocycles. The Morgan fingerprint density at radius 1 is 1.08 bits per heavy atom. The predicted molar refractivity (Wildman–Crippen MR) is 51.4 cm³/mol. The van der Waals surface area contributed by atoms with Crippen molar-refractivity contribution in [2.45, 2.75) is 0 Å². The average molecular weight is 158 g/mol. The standard InChI is InChI=1S/C10H10N2/c11-9-6-5-8-3-1-2-4-10(8)12-7-9/h1-7,12H,11H2. The third kappa shape index (κ3) is 1.19. The molecule has 0 saturated carbocycles. The number of benzene rings is 1. The van der Waals surface area contributed by atoms with Crippen LogP contribution in [0.2, 0.25) is 0 Å². The number of hydrogen-bond acceptors (Lipinski definition) is 2. The van der Waals surface area contributed by atoms with E-state index >= 15 is 0 Å². The summed E-state index contributed by atoms with van der Waals surface area (Å²) in [5, 5.41) is 3.13. The molecule has 0 unspecified atom stereocenters. The maximum Gasteiger partial charge on any atom is 0.0477 e. The molecule has 1 aromatic carbocycles. The number of nitrogens with two attached hydrogens (primary N) is 1. The lowest BCUT2D eigenvalue weighted by atomic mass is 10.2. The van der Waals surface area contributed by atoms with E-state index in [1.54, 1.807) is 6.20 Å². The molecule has 1 aromatic rings. The summed E-state index contributed by atoms with van der Waals surface area (Å²) in [6.45, 7) is 0. The van der Waals surface area contributed by atoms with Gasteiger partial charge >= 0.3 is 0 Å². The van der Waals surface area contributed by atoms with Crippen LogP contribution >= 0.6 is 0 Å². The van der Waals surface area contributed by atoms with E-state index in [-0.39, 0.29) is 0 Å². The number of hydrogen-bond donors (Lipinski definition) is 2. The van der Waals surface area contributed by atoms with E-state index in [4.69, 9.17) is 5.73 Å². The first-order valence-electron chi connectivity index (χ1n) is 3.85. The fourth-order valence-corrected chi connectivity index (χ4v) is 1.17. The number of anilines is 1. The summed E-state index contributed by atoms with van der Waals surface area (Å²) in [7, 11) is 0. The van der Waals surface area contributed by atoms with Crippen LogP contribution in [0.25, 0.3) is 6.08 Å². The van der Waals surface area contributed by atoms with E-state index in [1.807, 2.05) is 36.4 Å². The van der Waals surface area contributed by atoms with E-state index < -0.39 is 0 Å². The number of fused-ring (bicyclic) bond motifs is 1. The molecule has 0 fully saturated rings. The Morgan fingerprint density at radius 2 is 1.92 bits per heavy atom. The predicted octanol–water partition coefficient (Wildman–Crippen LogP) is 1.93. The van der Waals surface area contributed by atoms with Crippen molar-refractivity contribution in [2.75, 3.05) is 5.32 Å². The maximum atomic E-state index is 5.63. The summed E-state index contributed by atoms with van der Waals surface area (Å²) < 4.78 is 0. The Bertz CT molecular complexity index is 351. The average Bonchev–Trinajstić information content (AvgIpc) is 2.29. The molecule has 0 bridgehead atoms. The van der Waals surface area contributed by atoms with Gasteiger partial charge in [0.25, 0.3) is 0 Å². The Labute approximate surface area is 71.4 Å². The first kappa shape index (κ1) is 6.98. The van der Waals surface area contributed by atoms with Crippen LogP contribution in [0.15, 0.2) is 42.2 Å². The third-order valence-electron chi connectivity index (χ3n) is 1.81. The number of para-hydroxylation sites is 1. The summed E-state index contributed by atoms with van der Waals surface area (Å²) in [6.07, 6.45) is 5.68. The monoisotopic (exact) mass is 158 g/mol. The van der Waals surface area contributed by atoms with Crippen LogP contribution in [0.3, 0.4) is 0 Å². The minimum Gasteiger partial charge on any atom is -0.398 e. The zero-order chi connectivity index (χ0) is 8.39. The second-order valence-corrected chi connectivity index (χ2v) is 2.71. The van der Waals surface area contributed by atoms with Crippen LogP contribution in [-0.2, 0) is 0 Å². The van der Waals surface area contributed by atoms with Crippen LogP contribution in [0.5, 0.6) is 0 Å². The summed E-state index contributed by atoms with van der Waals surface area (Å²) in [6, 6.07) is 8.07. The van der Waals surface area contributed by atoms with E-state index in [1.165, 1.54) is 0 Å². The third-order valence-corrected chi connectivity index (χ3v) is 1.81. The molecule has 0 radical (unpaired) electrons. The van der Waals surface area contributed by atoms with Crippen molar-refractivity contribution in [3.05, 3.63) is 47.8 Å². The highest BCUT2D eigenvalue weighted by atomic mass is 14.9. The lowest BCUT2D eigenvalue weighted by molar-refractivity contribution is 1.41. The molecule has 2 rings (SSSR count). The minimum absolute atomic E-state index is 0.742. The second kappa shape index (κ2) is 2.74. The van der Waals surface area contributed by atoms with Crippen LogP contribution in [0, 0.1) is 0 Å². The van der Waals surface area contributed by atoms with Gasteiger partial charge in [-0.3, -0.25) is 0 Å². The highest BCUT2D eigenvalue weighted by Gasteiger charge is 1.98. The zero-order valence-electron chi connectivity index (χ0n) is 6.62. The van der Waals surface area contributed by atoms with E-state index in [9.17, 15) is 0 Å². The normalized spacial score (nSPS) is 14.2. The van der Waals surface area contributed by atoms with Gasteiger partial charge in [-0.2, -0.15) is 0 Å². The molecule has 0 aromatic heterocycles. The quantitative estimate of drug-likeness (QED) is 0.605. The van der Waals surface area contributed by atoms with Crippen LogP contribution in [0.4, 0.5) is 5.69 Å². The summed E-state index contributed by atoms with van der Waals surface area (Å²) >= 11 is 0. The Hall–Kier alpha value is -1.70. The van der Waals surface area contributed by atoms with E-state index in [0.717, 1.165) is 16.9 Å². The fraction of sp³-hybridized carbons (Fsp3) is 0. The van der Waals surface area contributed by atoms with Gasteiger partial charge in [0, 0.05) is 17.6 Å². The highest BCUT2D eigenvalue weighted by molar-refractivity contribution is 5.70. The number of nitrogens with one attached hydrogen (secondary N) is 1. The van der Waals surface area contributed by atoms with Gasteiger partial charge in [0.2, 0.25) is 0 Å². The number of allylic oxidation sites excluding steroid dienone is 1. The molecule has 1 aliphatic rings. The number of rotatable bonds is 0. The molecular weight excluding hydrogens is 148 g/mol. The van der Waals surface area contributed by atoms with Crippen molar-refractivity contribution in [3.8, 4) is 0 Å². The van der Waals surface area contributed by atoms with Gasteiger partial charge in [0.1, 0.15) is 0 Å².